The summed E-state index contributed by atoms with van der Waals surface area (Å²) in [4.78, 5) is 12.5. The van der Waals surface area contributed by atoms with Gasteiger partial charge in [0.05, 0.1) is 4.92 Å². The number of hydrogen-bond acceptors (Lipinski definition) is 3. The number of hydrogen-bond donors (Lipinski definition) is 0. The molecule has 94 valence electrons. The lowest BCUT2D eigenvalue weighted by atomic mass is 9.90. The third-order valence-electron chi connectivity index (χ3n) is 3.74. The molecule has 2 heterocycles. The molecule has 0 N–H and O–H groups in total. The summed E-state index contributed by atoms with van der Waals surface area (Å²) in [7, 11) is 0. The van der Waals surface area contributed by atoms with Crippen molar-refractivity contribution in [3.05, 3.63) is 45.1 Å². The third kappa shape index (κ3) is 1.98. The zero-order valence-corrected chi connectivity index (χ0v) is 10.3. The van der Waals surface area contributed by atoms with Gasteiger partial charge in [-0.1, -0.05) is 0 Å². The molecule has 0 atom stereocenters. The first-order chi connectivity index (χ1) is 8.74. The molecule has 1 aromatic carbocycles. The van der Waals surface area contributed by atoms with Crippen molar-refractivity contribution in [2.45, 2.75) is 25.7 Å². The monoisotopic (exact) mass is 244 g/mol. The van der Waals surface area contributed by atoms with Crippen molar-refractivity contribution in [3.63, 3.8) is 0 Å². The Morgan fingerprint density at radius 1 is 1.17 bits per heavy atom. The van der Waals surface area contributed by atoms with Crippen molar-refractivity contribution in [1.82, 2.24) is 0 Å². The second kappa shape index (κ2) is 4.44. The van der Waals surface area contributed by atoms with E-state index in [1.54, 1.807) is 6.08 Å². The van der Waals surface area contributed by atoms with Crippen LogP contribution in [-0.4, -0.2) is 18.0 Å². The molecule has 0 saturated heterocycles. The Balaban J connectivity index is 2.03. The van der Waals surface area contributed by atoms with E-state index < -0.39 is 4.92 Å². The van der Waals surface area contributed by atoms with Gasteiger partial charge in [-0.3, -0.25) is 10.1 Å². The molecule has 0 radical (unpaired) electrons. The van der Waals surface area contributed by atoms with Gasteiger partial charge in [0.15, 0.2) is 0 Å². The molecular weight excluding hydrogens is 228 g/mol. The predicted molar refractivity (Wildman–Crippen MR) is 71.3 cm³/mol. The fourth-order valence-electron chi connectivity index (χ4n) is 3.07. The number of aryl methyl sites for hydroxylation is 2. The van der Waals surface area contributed by atoms with Crippen LogP contribution in [0.2, 0.25) is 0 Å². The molecule has 0 unspecified atom stereocenters. The highest BCUT2D eigenvalue weighted by Gasteiger charge is 2.23. The quantitative estimate of drug-likeness (QED) is 0.593. The van der Waals surface area contributed by atoms with E-state index in [2.05, 4.69) is 17.0 Å². The first-order valence-electron chi connectivity index (χ1n) is 6.46. The van der Waals surface area contributed by atoms with Gasteiger partial charge in [0, 0.05) is 24.9 Å². The minimum Gasteiger partial charge on any atom is -0.371 e. The molecule has 4 nitrogen and oxygen atoms in total. The van der Waals surface area contributed by atoms with Crippen molar-refractivity contribution in [2.24, 2.45) is 0 Å². The maximum absolute atomic E-state index is 10.4. The fraction of sp³-hybridized carbons (Fsp3) is 0.429. The molecule has 3 rings (SSSR count). The standard InChI is InChI=1S/C14H16N2O2/c17-16(18)8-5-11-9-12-3-1-6-15-7-2-4-13(10-11)14(12)15/h5,8-10H,1-4,6-7H2/b8-5-. The number of benzene rings is 1. The minimum absolute atomic E-state index is 0.405. The first-order valence-corrected chi connectivity index (χ1v) is 6.46. The molecule has 1 aromatic rings. The second-order valence-corrected chi connectivity index (χ2v) is 4.98. The Morgan fingerprint density at radius 2 is 1.78 bits per heavy atom. The van der Waals surface area contributed by atoms with Crippen LogP contribution in [0.25, 0.3) is 6.08 Å². The summed E-state index contributed by atoms with van der Waals surface area (Å²) in [6.45, 7) is 2.31. The lowest BCUT2D eigenvalue weighted by Crippen LogP contribution is -2.34. The van der Waals surface area contributed by atoms with Crippen LogP contribution in [0.15, 0.2) is 18.3 Å². The SMILES string of the molecule is O=[N+]([O-])/C=C\c1cc2c3c(c1)CCCN3CCC2. The van der Waals surface area contributed by atoms with Gasteiger partial charge in [-0.05, 0) is 54.5 Å². The van der Waals surface area contributed by atoms with Gasteiger partial charge in [0.2, 0.25) is 6.20 Å². The van der Waals surface area contributed by atoms with Crippen molar-refractivity contribution in [2.75, 3.05) is 18.0 Å². The lowest BCUT2D eigenvalue weighted by molar-refractivity contribution is -0.400. The summed E-state index contributed by atoms with van der Waals surface area (Å²) in [5.74, 6) is 0. The number of nitro groups is 1. The largest absolute Gasteiger partial charge is 0.371 e. The van der Waals surface area contributed by atoms with Crippen LogP contribution in [-0.2, 0) is 12.8 Å². The molecule has 18 heavy (non-hydrogen) atoms. The van der Waals surface area contributed by atoms with Gasteiger partial charge in [0.1, 0.15) is 0 Å². The topological polar surface area (TPSA) is 46.4 Å². The molecule has 0 fully saturated rings. The summed E-state index contributed by atoms with van der Waals surface area (Å²) in [5, 5.41) is 10.4. The number of nitrogens with zero attached hydrogens (tertiary/aromatic N) is 2. The van der Waals surface area contributed by atoms with E-state index in [4.69, 9.17) is 0 Å². The van der Waals surface area contributed by atoms with E-state index in [9.17, 15) is 10.1 Å². The van der Waals surface area contributed by atoms with Crippen molar-refractivity contribution in [3.8, 4) is 0 Å². The highest BCUT2D eigenvalue weighted by Crippen LogP contribution is 2.36. The number of anilines is 1. The van der Waals surface area contributed by atoms with E-state index in [1.807, 2.05) is 0 Å². The van der Waals surface area contributed by atoms with E-state index >= 15 is 0 Å². The van der Waals surface area contributed by atoms with Gasteiger partial charge in [-0.25, -0.2) is 0 Å². The summed E-state index contributed by atoms with van der Waals surface area (Å²) >= 11 is 0. The zero-order chi connectivity index (χ0) is 12.5. The number of rotatable bonds is 2. The highest BCUT2D eigenvalue weighted by molar-refractivity contribution is 5.67. The van der Waals surface area contributed by atoms with Crippen LogP contribution in [0.1, 0.15) is 29.5 Å². The second-order valence-electron chi connectivity index (χ2n) is 4.98. The van der Waals surface area contributed by atoms with Gasteiger partial charge >= 0.3 is 0 Å². The van der Waals surface area contributed by atoms with Crippen molar-refractivity contribution < 1.29 is 4.92 Å². The average molecular weight is 244 g/mol. The van der Waals surface area contributed by atoms with Crippen LogP contribution < -0.4 is 4.90 Å². The molecule has 0 spiro atoms. The Labute approximate surface area is 106 Å². The molecule has 0 aromatic heterocycles. The fourth-order valence-corrected chi connectivity index (χ4v) is 3.07. The molecule has 0 amide bonds. The molecule has 4 heteroatoms. The van der Waals surface area contributed by atoms with Crippen LogP contribution >= 0.6 is 0 Å². The van der Waals surface area contributed by atoms with Gasteiger partial charge in [-0.15, -0.1) is 0 Å². The smallest absolute Gasteiger partial charge is 0.235 e. The van der Waals surface area contributed by atoms with E-state index in [0.29, 0.717) is 0 Å². The van der Waals surface area contributed by atoms with Gasteiger partial charge in [-0.2, -0.15) is 0 Å². The molecule has 2 aliphatic rings. The van der Waals surface area contributed by atoms with Crippen LogP contribution in [0, 0.1) is 10.1 Å². The molecule has 0 bridgehead atoms. The summed E-state index contributed by atoms with van der Waals surface area (Å²) in [6, 6.07) is 4.21. The van der Waals surface area contributed by atoms with Crippen LogP contribution in [0.3, 0.4) is 0 Å². The Bertz CT molecular complexity index is 492. The molecule has 0 aliphatic carbocycles. The summed E-state index contributed by atoms with van der Waals surface area (Å²) in [5.41, 5.74) is 5.10. The van der Waals surface area contributed by atoms with E-state index in [1.165, 1.54) is 29.7 Å². The summed E-state index contributed by atoms with van der Waals surface area (Å²) in [6.07, 6.45) is 7.20. The van der Waals surface area contributed by atoms with Crippen molar-refractivity contribution >= 4 is 11.8 Å². The highest BCUT2D eigenvalue weighted by atomic mass is 16.6. The lowest BCUT2D eigenvalue weighted by Gasteiger charge is -2.37. The molecular formula is C14H16N2O2. The molecule has 2 aliphatic heterocycles. The van der Waals surface area contributed by atoms with E-state index in [0.717, 1.165) is 37.7 Å². The zero-order valence-electron chi connectivity index (χ0n) is 10.3. The predicted octanol–water partition coefficient (Wildman–Crippen LogP) is 2.63. The maximum Gasteiger partial charge on any atom is 0.235 e. The minimum atomic E-state index is -0.405. The Kier molecular flexibility index (Phi) is 2.78. The van der Waals surface area contributed by atoms with Crippen molar-refractivity contribution in [1.29, 1.82) is 0 Å². The third-order valence-corrected chi connectivity index (χ3v) is 3.74. The average Bonchev–Trinajstić information content (AvgIpc) is 2.37. The van der Waals surface area contributed by atoms with Gasteiger partial charge in [0.25, 0.3) is 0 Å². The van der Waals surface area contributed by atoms with Gasteiger partial charge < -0.3 is 4.90 Å². The Morgan fingerprint density at radius 3 is 2.33 bits per heavy atom. The van der Waals surface area contributed by atoms with E-state index in [-0.39, 0.29) is 0 Å². The Hall–Kier alpha value is -1.84. The van der Waals surface area contributed by atoms with Crippen LogP contribution in [0.5, 0.6) is 0 Å². The first kappa shape index (κ1) is 11.3. The summed E-state index contributed by atoms with van der Waals surface area (Å²) < 4.78 is 0. The maximum atomic E-state index is 10.4. The normalized spacial score (nSPS) is 17.9. The van der Waals surface area contributed by atoms with Crippen LogP contribution in [0.4, 0.5) is 5.69 Å². The molecule has 0 saturated carbocycles.